The summed E-state index contributed by atoms with van der Waals surface area (Å²) in [5, 5.41) is 35.0. The Labute approximate surface area is 216 Å². The van der Waals surface area contributed by atoms with Crippen LogP contribution in [-0.2, 0) is 23.8 Å². The highest BCUT2D eigenvalue weighted by molar-refractivity contribution is 5.82. The van der Waals surface area contributed by atoms with Gasteiger partial charge in [-0.15, -0.1) is 0 Å². The molecule has 3 heterocycles. The zero-order valence-corrected chi connectivity index (χ0v) is 22.3. The number of carbonyl (C=O) groups is 2. The van der Waals surface area contributed by atoms with Crippen molar-refractivity contribution in [1.29, 1.82) is 0 Å². The summed E-state index contributed by atoms with van der Waals surface area (Å²) in [7, 11) is 0. The van der Waals surface area contributed by atoms with Crippen molar-refractivity contribution in [3.63, 3.8) is 0 Å². The lowest BCUT2D eigenvalue weighted by molar-refractivity contribution is -0.324. The molecule has 3 saturated carbocycles. The van der Waals surface area contributed by atoms with Crippen molar-refractivity contribution in [2.24, 2.45) is 33.5 Å². The first-order chi connectivity index (χ1) is 17.2. The molecular weight excluding hydrogens is 480 g/mol. The first-order valence-corrected chi connectivity index (χ1v) is 13.3. The smallest absolute Gasteiger partial charge is 0.339 e. The molecule has 0 radical (unpaired) electrons. The summed E-state index contributed by atoms with van der Waals surface area (Å²) >= 11 is 0. The van der Waals surface area contributed by atoms with Crippen LogP contribution in [0.2, 0.25) is 0 Å². The van der Waals surface area contributed by atoms with Gasteiger partial charge in [0.2, 0.25) is 0 Å². The van der Waals surface area contributed by atoms with Gasteiger partial charge in [-0.05, 0) is 30.2 Å². The first-order valence-electron chi connectivity index (χ1n) is 13.3. The minimum absolute atomic E-state index is 0.225. The molecule has 37 heavy (non-hydrogen) atoms. The van der Waals surface area contributed by atoms with Crippen molar-refractivity contribution in [3.8, 4) is 0 Å². The van der Waals surface area contributed by atoms with Crippen LogP contribution in [-0.4, -0.2) is 63.4 Å². The summed E-state index contributed by atoms with van der Waals surface area (Å²) < 4.78 is 23.5. The molecule has 204 valence electrons. The fourth-order valence-corrected chi connectivity index (χ4v) is 10.0. The Hall–Kier alpha value is -1.94. The molecule has 1 aromatic heterocycles. The maximum atomic E-state index is 13.2. The summed E-state index contributed by atoms with van der Waals surface area (Å²) in [5.41, 5.74) is -3.73. The number of hydrogen-bond donors (Lipinski definition) is 3. The number of fused-ring (bicyclic) bond motifs is 3. The highest BCUT2D eigenvalue weighted by Gasteiger charge is 2.89. The lowest BCUT2D eigenvalue weighted by Crippen LogP contribution is -2.78. The molecule has 12 atom stereocenters. The SMILES string of the molecule is CC(=O)O[C@H]1C[C@@H](O)C(C)(C)[C@@H]2[C@@H](O)[C@@H](O)[C@]3(C)[C@H](CC[C@@]4(C)[C@H](c5ccoc5)OC(=O)[C@H]5O[C@@]534)[C@@]12C. The van der Waals surface area contributed by atoms with Crippen LogP contribution in [0.3, 0.4) is 0 Å². The van der Waals surface area contributed by atoms with E-state index in [9.17, 15) is 24.9 Å². The molecule has 5 fully saturated rings. The predicted octanol–water partition coefficient (Wildman–Crippen LogP) is 2.52. The molecule has 3 aliphatic carbocycles. The van der Waals surface area contributed by atoms with Crippen molar-refractivity contribution in [3.05, 3.63) is 24.2 Å². The normalized spacial score (nSPS) is 53.6. The van der Waals surface area contributed by atoms with Gasteiger partial charge in [-0.2, -0.15) is 0 Å². The average Bonchev–Trinajstić information content (AvgIpc) is 3.38. The van der Waals surface area contributed by atoms with Crippen LogP contribution in [0.15, 0.2) is 23.0 Å². The molecule has 9 heteroatoms. The summed E-state index contributed by atoms with van der Waals surface area (Å²) in [6.45, 7) is 11.1. The quantitative estimate of drug-likeness (QED) is 0.398. The number of aliphatic hydroxyl groups is 3. The van der Waals surface area contributed by atoms with E-state index < -0.39 is 81.7 Å². The third kappa shape index (κ3) is 2.69. The van der Waals surface area contributed by atoms with E-state index in [-0.39, 0.29) is 12.3 Å². The third-order valence-corrected chi connectivity index (χ3v) is 11.6. The number of esters is 2. The maximum Gasteiger partial charge on any atom is 0.339 e. The van der Waals surface area contributed by atoms with Gasteiger partial charge in [0.25, 0.3) is 0 Å². The molecular formula is C28H38O9. The van der Waals surface area contributed by atoms with Crippen LogP contribution < -0.4 is 0 Å². The van der Waals surface area contributed by atoms with E-state index in [0.717, 1.165) is 5.56 Å². The van der Waals surface area contributed by atoms with E-state index in [2.05, 4.69) is 0 Å². The van der Waals surface area contributed by atoms with E-state index in [1.807, 2.05) is 34.6 Å². The Morgan fingerprint density at radius 2 is 1.81 bits per heavy atom. The van der Waals surface area contributed by atoms with Crippen molar-refractivity contribution >= 4 is 11.9 Å². The summed E-state index contributed by atoms with van der Waals surface area (Å²) in [5.74, 6) is -1.80. The second-order valence-electron chi connectivity index (χ2n) is 13.3. The minimum atomic E-state index is -1.25. The van der Waals surface area contributed by atoms with Crippen LogP contribution in [0.1, 0.15) is 72.5 Å². The lowest BCUT2D eigenvalue weighted by atomic mass is 9.33. The second kappa shape index (κ2) is 7.37. The Morgan fingerprint density at radius 1 is 1.11 bits per heavy atom. The van der Waals surface area contributed by atoms with Gasteiger partial charge in [0.15, 0.2) is 6.10 Å². The molecule has 3 N–H and O–H groups in total. The monoisotopic (exact) mass is 518 g/mol. The Morgan fingerprint density at radius 3 is 2.43 bits per heavy atom. The Balaban J connectivity index is 1.54. The molecule has 0 unspecified atom stereocenters. The second-order valence-corrected chi connectivity index (χ2v) is 13.3. The van der Waals surface area contributed by atoms with E-state index in [1.54, 1.807) is 12.3 Å². The number of epoxide rings is 1. The maximum absolute atomic E-state index is 13.2. The van der Waals surface area contributed by atoms with Gasteiger partial charge in [0.05, 0.1) is 30.8 Å². The molecule has 0 bridgehead atoms. The van der Waals surface area contributed by atoms with Crippen molar-refractivity contribution in [2.45, 2.75) is 103 Å². The van der Waals surface area contributed by atoms with Gasteiger partial charge < -0.3 is 33.9 Å². The topological polar surface area (TPSA) is 139 Å². The van der Waals surface area contributed by atoms with Gasteiger partial charge in [-0.3, -0.25) is 4.79 Å². The van der Waals surface area contributed by atoms with Crippen molar-refractivity contribution in [2.75, 3.05) is 0 Å². The highest BCUT2D eigenvalue weighted by atomic mass is 16.7. The summed E-state index contributed by atoms with van der Waals surface area (Å²) in [4.78, 5) is 25.5. The molecule has 0 amide bonds. The Kier molecular flexibility index (Phi) is 5.05. The number of aliphatic hydroxyl groups excluding tert-OH is 3. The fourth-order valence-electron chi connectivity index (χ4n) is 10.0. The van der Waals surface area contributed by atoms with Crippen LogP contribution in [0, 0.1) is 33.5 Å². The molecule has 2 aliphatic heterocycles. The van der Waals surface area contributed by atoms with E-state index in [4.69, 9.17) is 18.6 Å². The molecule has 2 saturated heterocycles. The third-order valence-electron chi connectivity index (χ3n) is 11.6. The van der Waals surface area contributed by atoms with Crippen LogP contribution in [0.5, 0.6) is 0 Å². The van der Waals surface area contributed by atoms with E-state index in [0.29, 0.717) is 12.8 Å². The van der Waals surface area contributed by atoms with Crippen LogP contribution >= 0.6 is 0 Å². The van der Waals surface area contributed by atoms with E-state index in [1.165, 1.54) is 13.2 Å². The standard InChI is InChI=1S/C28H38O9/c1-13(29)35-17-11-16(30)24(2,3)19-18(31)20(32)27(6)15(26(17,19)5)7-9-25(4)21(14-8-10-34-12-14)36-23(33)22-28(25,27)37-22/h8,10,12,15-22,30-32H,7,9,11H2,1-6H3/t15-,16-,17+,18-,19+,20-,21+,22-,25+,26+,27+,28-/m1/s1. The fraction of sp³-hybridized carbons (Fsp3) is 0.786. The number of cyclic esters (lactones) is 1. The number of ether oxygens (including phenoxy) is 3. The van der Waals surface area contributed by atoms with Gasteiger partial charge in [0, 0.05) is 41.1 Å². The highest BCUT2D eigenvalue weighted by Crippen LogP contribution is 2.80. The molecule has 0 aromatic carbocycles. The lowest BCUT2D eigenvalue weighted by Gasteiger charge is -2.72. The van der Waals surface area contributed by atoms with Crippen molar-refractivity contribution in [1.82, 2.24) is 0 Å². The average molecular weight is 519 g/mol. The summed E-state index contributed by atoms with van der Waals surface area (Å²) in [6, 6.07) is 1.78. The Bertz CT molecular complexity index is 1130. The first kappa shape index (κ1) is 25.3. The van der Waals surface area contributed by atoms with Gasteiger partial charge >= 0.3 is 11.9 Å². The summed E-state index contributed by atoms with van der Waals surface area (Å²) in [6.07, 6.45) is -0.955. The molecule has 5 aliphatic rings. The number of furan rings is 1. The predicted molar refractivity (Wildman–Crippen MR) is 128 cm³/mol. The van der Waals surface area contributed by atoms with Crippen LogP contribution in [0.25, 0.3) is 0 Å². The molecule has 6 rings (SSSR count). The largest absolute Gasteiger partial charge is 0.472 e. The van der Waals surface area contributed by atoms with Gasteiger partial charge in [-0.25, -0.2) is 4.79 Å². The van der Waals surface area contributed by atoms with Gasteiger partial charge in [-0.1, -0.05) is 34.6 Å². The number of hydrogen-bond acceptors (Lipinski definition) is 9. The minimum Gasteiger partial charge on any atom is -0.472 e. The number of rotatable bonds is 2. The van der Waals surface area contributed by atoms with E-state index >= 15 is 0 Å². The van der Waals surface area contributed by atoms with Crippen molar-refractivity contribution < 1.29 is 43.5 Å². The molecule has 1 aromatic rings. The van der Waals surface area contributed by atoms with Gasteiger partial charge in [0.1, 0.15) is 17.8 Å². The molecule has 1 spiro atoms. The zero-order chi connectivity index (χ0) is 26.9. The van der Waals surface area contributed by atoms with Crippen LogP contribution in [0.4, 0.5) is 0 Å². The number of carbonyl (C=O) groups excluding carboxylic acids is 2. The molecule has 9 nitrogen and oxygen atoms in total. The zero-order valence-electron chi connectivity index (χ0n) is 22.3.